The molecule has 3 N–H and O–H groups in total. The predicted molar refractivity (Wildman–Crippen MR) is 85.4 cm³/mol. The van der Waals surface area contributed by atoms with Gasteiger partial charge in [-0.15, -0.1) is 11.3 Å². The smallest absolute Gasteiger partial charge is 0.314 e. The number of benzene rings is 1. The van der Waals surface area contributed by atoms with Crippen molar-refractivity contribution in [3.8, 4) is 0 Å². The standard InChI is InChI=1S/C16H18F2N2O2S/c1-16(22,14-3-2-8-23-14)10-20-15(21)19-7-6-11-4-5-12(17)9-13(11)18/h2-5,8-9,22H,6-7,10H2,1H3,(H2,19,20,21). The van der Waals surface area contributed by atoms with Crippen molar-refractivity contribution in [1.29, 1.82) is 0 Å². The number of hydrogen-bond acceptors (Lipinski definition) is 3. The molecule has 124 valence electrons. The molecule has 2 aromatic rings. The van der Waals surface area contributed by atoms with Crippen LogP contribution in [0, 0.1) is 11.6 Å². The molecule has 0 aliphatic carbocycles. The highest BCUT2D eigenvalue weighted by molar-refractivity contribution is 7.10. The topological polar surface area (TPSA) is 61.4 Å². The molecule has 1 aromatic carbocycles. The van der Waals surface area contributed by atoms with E-state index in [0.717, 1.165) is 10.9 Å². The van der Waals surface area contributed by atoms with Gasteiger partial charge in [0, 0.05) is 17.5 Å². The van der Waals surface area contributed by atoms with E-state index in [9.17, 15) is 18.7 Å². The summed E-state index contributed by atoms with van der Waals surface area (Å²) < 4.78 is 26.2. The van der Waals surface area contributed by atoms with Gasteiger partial charge in [0.1, 0.15) is 17.2 Å². The Bertz CT molecular complexity index is 660. The van der Waals surface area contributed by atoms with Crippen LogP contribution in [0.15, 0.2) is 35.7 Å². The minimum Gasteiger partial charge on any atom is -0.383 e. The normalized spacial score (nSPS) is 13.4. The maximum Gasteiger partial charge on any atom is 0.314 e. The van der Waals surface area contributed by atoms with Crippen molar-refractivity contribution in [3.05, 3.63) is 57.8 Å². The predicted octanol–water partition coefficient (Wildman–Crippen LogP) is 2.78. The summed E-state index contributed by atoms with van der Waals surface area (Å²) in [6, 6.07) is 6.51. The van der Waals surface area contributed by atoms with Gasteiger partial charge >= 0.3 is 6.03 Å². The van der Waals surface area contributed by atoms with Crippen LogP contribution in [0.3, 0.4) is 0 Å². The fourth-order valence-corrected chi connectivity index (χ4v) is 2.81. The van der Waals surface area contributed by atoms with Crippen LogP contribution in [0.25, 0.3) is 0 Å². The Morgan fingerprint density at radius 1 is 1.30 bits per heavy atom. The highest BCUT2D eigenvalue weighted by Gasteiger charge is 2.24. The number of rotatable bonds is 6. The molecule has 0 aliphatic rings. The van der Waals surface area contributed by atoms with E-state index in [1.807, 2.05) is 11.4 Å². The van der Waals surface area contributed by atoms with Crippen molar-refractivity contribution >= 4 is 17.4 Å². The molecule has 1 atom stereocenters. The Morgan fingerprint density at radius 2 is 2.09 bits per heavy atom. The molecular weight excluding hydrogens is 322 g/mol. The Hall–Kier alpha value is -1.99. The van der Waals surface area contributed by atoms with Gasteiger partial charge in [0.15, 0.2) is 0 Å². The van der Waals surface area contributed by atoms with Gasteiger partial charge in [-0.2, -0.15) is 0 Å². The Balaban J connectivity index is 1.75. The minimum absolute atomic E-state index is 0.0598. The van der Waals surface area contributed by atoms with Crippen LogP contribution in [0.1, 0.15) is 17.4 Å². The van der Waals surface area contributed by atoms with Crippen LogP contribution in [0.5, 0.6) is 0 Å². The Kier molecular flexibility index (Phi) is 5.68. The SMILES string of the molecule is CC(O)(CNC(=O)NCCc1ccc(F)cc1F)c1cccs1. The zero-order chi connectivity index (χ0) is 16.9. The molecule has 1 unspecified atom stereocenters. The lowest BCUT2D eigenvalue weighted by molar-refractivity contribution is 0.0631. The summed E-state index contributed by atoms with van der Waals surface area (Å²) in [7, 11) is 0. The molecule has 0 saturated heterocycles. The number of carbonyl (C=O) groups excluding carboxylic acids is 1. The number of urea groups is 1. The van der Waals surface area contributed by atoms with E-state index in [0.29, 0.717) is 5.56 Å². The zero-order valence-corrected chi connectivity index (χ0v) is 13.4. The summed E-state index contributed by atoms with van der Waals surface area (Å²) in [5.74, 6) is -1.26. The molecule has 0 spiro atoms. The molecular formula is C16H18F2N2O2S. The molecule has 0 fully saturated rings. The molecule has 2 amide bonds. The Morgan fingerprint density at radius 3 is 2.74 bits per heavy atom. The first-order chi connectivity index (χ1) is 10.9. The maximum absolute atomic E-state index is 13.4. The minimum atomic E-state index is -1.14. The summed E-state index contributed by atoms with van der Waals surface area (Å²) in [5, 5.41) is 17.3. The van der Waals surface area contributed by atoms with Gasteiger partial charge in [-0.05, 0) is 36.4 Å². The highest BCUT2D eigenvalue weighted by atomic mass is 32.1. The first kappa shape index (κ1) is 17.4. The molecule has 7 heteroatoms. The molecule has 0 aliphatic heterocycles. The van der Waals surface area contributed by atoms with Crippen molar-refractivity contribution in [2.75, 3.05) is 13.1 Å². The van der Waals surface area contributed by atoms with E-state index in [1.54, 1.807) is 13.0 Å². The lowest BCUT2D eigenvalue weighted by Crippen LogP contribution is -2.43. The van der Waals surface area contributed by atoms with E-state index in [2.05, 4.69) is 10.6 Å². The molecule has 23 heavy (non-hydrogen) atoms. The molecule has 1 aromatic heterocycles. The largest absolute Gasteiger partial charge is 0.383 e. The number of carbonyl (C=O) groups is 1. The van der Waals surface area contributed by atoms with Crippen LogP contribution in [-0.4, -0.2) is 24.2 Å². The van der Waals surface area contributed by atoms with Crippen molar-refractivity contribution < 1.29 is 18.7 Å². The van der Waals surface area contributed by atoms with Crippen LogP contribution in [0.4, 0.5) is 13.6 Å². The third kappa shape index (κ3) is 5.01. The zero-order valence-electron chi connectivity index (χ0n) is 12.6. The van der Waals surface area contributed by atoms with Crippen molar-refractivity contribution in [1.82, 2.24) is 10.6 Å². The van der Waals surface area contributed by atoms with Gasteiger partial charge in [-0.3, -0.25) is 0 Å². The van der Waals surface area contributed by atoms with Crippen molar-refractivity contribution in [2.24, 2.45) is 0 Å². The molecule has 0 radical (unpaired) electrons. The van der Waals surface area contributed by atoms with Gasteiger partial charge < -0.3 is 15.7 Å². The molecule has 2 rings (SSSR count). The van der Waals surface area contributed by atoms with Crippen molar-refractivity contribution in [2.45, 2.75) is 18.9 Å². The summed E-state index contributed by atoms with van der Waals surface area (Å²) >= 11 is 1.41. The average molecular weight is 340 g/mol. The van der Waals surface area contributed by atoms with Crippen LogP contribution >= 0.6 is 11.3 Å². The highest BCUT2D eigenvalue weighted by Crippen LogP contribution is 2.24. The first-order valence-electron chi connectivity index (χ1n) is 7.10. The monoisotopic (exact) mass is 340 g/mol. The van der Waals surface area contributed by atoms with Gasteiger partial charge in [0.25, 0.3) is 0 Å². The van der Waals surface area contributed by atoms with E-state index in [4.69, 9.17) is 0 Å². The van der Waals surface area contributed by atoms with Gasteiger partial charge in [-0.1, -0.05) is 12.1 Å². The van der Waals surface area contributed by atoms with E-state index in [-0.39, 0.29) is 19.5 Å². The molecule has 1 heterocycles. The van der Waals surface area contributed by atoms with Gasteiger partial charge in [0.2, 0.25) is 0 Å². The second-order valence-electron chi connectivity index (χ2n) is 5.35. The third-order valence-electron chi connectivity index (χ3n) is 3.34. The second-order valence-corrected chi connectivity index (χ2v) is 6.29. The lowest BCUT2D eigenvalue weighted by Gasteiger charge is -2.22. The number of amides is 2. The van der Waals surface area contributed by atoms with E-state index >= 15 is 0 Å². The summed E-state index contributed by atoms with van der Waals surface area (Å²) in [5.41, 5.74) is -0.813. The second kappa shape index (κ2) is 7.52. The van der Waals surface area contributed by atoms with Gasteiger partial charge in [0.05, 0.1) is 6.54 Å². The van der Waals surface area contributed by atoms with Gasteiger partial charge in [-0.25, -0.2) is 13.6 Å². The summed E-state index contributed by atoms with van der Waals surface area (Å²) in [4.78, 5) is 12.5. The number of aliphatic hydroxyl groups is 1. The molecule has 4 nitrogen and oxygen atoms in total. The quantitative estimate of drug-likeness (QED) is 0.757. The van der Waals surface area contributed by atoms with Crippen LogP contribution in [-0.2, 0) is 12.0 Å². The average Bonchev–Trinajstić information content (AvgIpc) is 3.03. The maximum atomic E-state index is 13.4. The number of nitrogens with one attached hydrogen (secondary N) is 2. The fraction of sp³-hybridized carbons (Fsp3) is 0.312. The molecule has 0 saturated carbocycles. The summed E-state index contributed by atoms with van der Waals surface area (Å²) in [6.45, 7) is 1.88. The van der Waals surface area contributed by atoms with E-state index < -0.39 is 23.3 Å². The fourth-order valence-electron chi connectivity index (χ4n) is 2.02. The van der Waals surface area contributed by atoms with Crippen LogP contribution < -0.4 is 10.6 Å². The molecule has 0 bridgehead atoms. The number of thiophene rings is 1. The third-order valence-corrected chi connectivity index (χ3v) is 4.46. The lowest BCUT2D eigenvalue weighted by atomic mass is 10.1. The Labute approximate surface area is 137 Å². The van der Waals surface area contributed by atoms with Crippen molar-refractivity contribution in [3.63, 3.8) is 0 Å². The first-order valence-corrected chi connectivity index (χ1v) is 7.98. The van der Waals surface area contributed by atoms with Crippen LogP contribution in [0.2, 0.25) is 0 Å². The number of hydrogen-bond donors (Lipinski definition) is 3. The number of halogens is 2. The summed E-state index contributed by atoms with van der Waals surface area (Å²) in [6.07, 6.45) is 0.251. The van der Waals surface area contributed by atoms with E-state index in [1.165, 1.54) is 23.5 Å².